The van der Waals surface area contributed by atoms with E-state index in [1.54, 1.807) is 69.0 Å². The van der Waals surface area contributed by atoms with Crippen LogP contribution in [0.1, 0.15) is 65.8 Å². The molecule has 12 heteroatoms. The first-order chi connectivity index (χ1) is 22.8. The van der Waals surface area contributed by atoms with Crippen molar-refractivity contribution in [2.75, 3.05) is 6.54 Å². The monoisotopic (exact) mass is 675 g/mol. The number of aromatic nitrogens is 2. The van der Waals surface area contributed by atoms with Gasteiger partial charge in [-0.15, -0.1) is 11.3 Å². The van der Waals surface area contributed by atoms with Crippen molar-refractivity contribution in [1.82, 2.24) is 20.0 Å². The predicted octanol–water partition coefficient (Wildman–Crippen LogP) is 7.69. The molecule has 0 saturated carbocycles. The standard InChI is InChI=1S/C36H36F3N5O3S/c1-5-44-21-30(33(42-44)36(37,38)39)27-14-10-9-13-26(27)29-20-43(22-31-28(29)18-25(19-40)48-31)32(45)16-15-24(17-23-11-7-6-8-12-23)41-34(46)47-35(2,3)4/h6-16,18,21,24,29H,5,17,20,22H2,1-4H3,(H,41,46)/b16-15+/t24?,29-/m0/s1. The van der Waals surface area contributed by atoms with E-state index in [1.807, 2.05) is 30.3 Å². The van der Waals surface area contributed by atoms with Crippen LogP contribution >= 0.6 is 11.3 Å². The highest BCUT2D eigenvalue weighted by Gasteiger charge is 2.39. The Hall–Kier alpha value is -4.89. The number of alkyl carbamates (subject to hydrolysis) is 1. The molecule has 5 rings (SSSR count). The lowest BCUT2D eigenvalue weighted by atomic mass is 9.83. The lowest BCUT2D eigenvalue weighted by Gasteiger charge is -2.33. The molecule has 0 spiro atoms. The summed E-state index contributed by atoms with van der Waals surface area (Å²) in [6.45, 7) is 7.67. The van der Waals surface area contributed by atoms with Gasteiger partial charge >= 0.3 is 12.3 Å². The van der Waals surface area contributed by atoms with E-state index in [1.165, 1.54) is 28.3 Å². The number of alkyl halides is 3. The molecule has 2 aromatic heterocycles. The van der Waals surface area contributed by atoms with Gasteiger partial charge in [0.25, 0.3) is 0 Å². The summed E-state index contributed by atoms with van der Waals surface area (Å²) in [7, 11) is 0. The van der Waals surface area contributed by atoms with Gasteiger partial charge in [-0.1, -0.05) is 60.7 Å². The first-order valence-electron chi connectivity index (χ1n) is 15.5. The number of nitriles is 1. The number of amides is 2. The van der Waals surface area contributed by atoms with Crippen molar-refractivity contribution in [2.24, 2.45) is 0 Å². The van der Waals surface area contributed by atoms with Gasteiger partial charge in [-0.25, -0.2) is 4.79 Å². The van der Waals surface area contributed by atoms with Crippen molar-refractivity contribution in [3.63, 3.8) is 0 Å². The highest BCUT2D eigenvalue weighted by Crippen LogP contribution is 2.44. The van der Waals surface area contributed by atoms with Crippen molar-refractivity contribution < 1.29 is 27.5 Å². The Labute approximate surface area is 281 Å². The number of ether oxygens (including phenoxy) is 1. The minimum atomic E-state index is -4.67. The molecule has 2 amide bonds. The fourth-order valence-electron chi connectivity index (χ4n) is 5.74. The molecule has 8 nitrogen and oxygen atoms in total. The summed E-state index contributed by atoms with van der Waals surface area (Å²) in [6.07, 6.45) is -0.449. The second-order valence-corrected chi connectivity index (χ2v) is 13.6. The molecule has 1 aliphatic rings. The van der Waals surface area contributed by atoms with E-state index >= 15 is 0 Å². The lowest BCUT2D eigenvalue weighted by molar-refractivity contribution is -0.141. The molecule has 0 fully saturated rings. The Bertz CT molecular complexity index is 1850. The van der Waals surface area contributed by atoms with Crippen molar-refractivity contribution in [1.29, 1.82) is 5.26 Å². The number of hydrogen-bond donors (Lipinski definition) is 1. The van der Waals surface area contributed by atoms with E-state index in [0.29, 0.717) is 22.4 Å². The van der Waals surface area contributed by atoms with Gasteiger partial charge in [0.1, 0.15) is 16.5 Å². The molecular weight excluding hydrogens is 639 g/mol. The van der Waals surface area contributed by atoms with Crippen LogP contribution in [0.4, 0.5) is 18.0 Å². The second kappa shape index (κ2) is 14.1. The fourth-order valence-corrected chi connectivity index (χ4v) is 6.78. The number of carbonyl (C=O) groups excluding carboxylic acids is 2. The zero-order valence-corrected chi connectivity index (χ0v) is 27.9. The van der Waals surface area contributed by atoms with Gasteiger partial charge in [0.15, 0.2) is 5.69 Å². The number of fused-ring (bicyclic) bond motifs is 1. The number of thiophene rings is 1. The Kier molecular flexibility index (Phi) is 10.1. The third-order valence-corrected chi connectivity index (χ3v) is 8.87. The van der Waals surface area contributed by atoms with Crippen molar-refractivity contribution in [3.8, 4) is 17.2 Å². The zero-order valence-electron chi connectivity index (χ0n) is 27.0. The van der Waals surface area contributed by atoms with Crippen LogP contribution in [-0.2, 0) is 35.2 Å². The third kappa shape index (κ3) is 8.15. The normalized spacial score (nSPS) is 15.5. The predicted molar refractivity (Wildman–Crippen MR) is 177 cm³/mol. The number of hydrogen-bond acceptors (Lipinski definition) is 6. The van der Waals surface area contributed by atoms with Crippen LogP contribution in [0, 0.1) is 11.3 Å². The number of nitrogens with zero attached hydrogens (tertiary/aromatic N) is 4. The van der Waals surface area contributed by atoms with Crippen LogP contribution in [0.15, 0.2) is 79.0 Å². The summed E-state index contributed by atoms with van der Waals surface area (Å²) in [5.41, 5.74) is 0.976. The first-order valence-corrected chi connectivity index (χ1v) is 16.3. The molecule has 2 aromatic carbocycles. The molecule has 1 N–H and O–H groups in total. The number of carbonyl (C=O) groups is 2. The Balaban J connectivity index is 1.48. The minimum absolute atomic E-state index is 0.0439. The zero-order chi connectivity index (χ0) is 34.6. The van der Waals surface area contributed by atoms with Gasteiger partial charge in [-0.05, 0) is 62.4 Å². The van der Waals surface area contributed by atoms with E-state index < -0.39 is 35.5 Å². The Morgan fingerprint density at radius 3 is 2.48 bits per heavy atom. The number of nitrogens with one attached hydrogen (secondary N) is 1. The summed E-state index contributed by atoms with van der Waals surface area (Å²) >= 11 is 1.26. The van der Waals surface area contributed by atoms with Gasteiger partial charge in [0, 0.05) is 41.7 Å². The van der Waals surface area contributed by atoms with E-state index in [0.717, 1.165) is 16.0 Å². The van der Waals surface area contributed by atoms with Gasteiger partial charge in [-0.3, -0.25) is 9.48 Å². The maximum Gasteiger partial charge on any atom is 0.435 e. The maximum atomic E-state index is 14.2. The average Bonchev–Trinajstić information content (AvgIpc) is 3.67. The summed E-state index contributed by atoms with van der Waals surface area (Å²) in [4.78, 5) is 29.3. The number of aryl methyl sites for hydroxylation is 1. The van der Waals surface area contributed by atoms with Crippen LogP contribution in [0.25, 0.3) is 11.1 Å². The number of benzene rings is 2. The summed E-state index contributed by atoms with van der Waals surface area (Å²) in [5.74, 6) is -0.847. The first kappa shape index (κ1) is 34.4. The maximum absolute atomic E-state index is 14.2. The van der Waals surface area contributed by atoms with E-state index in [-0.39, 0.29) is 31.1 Å². The third-order valence-electron chi connectivity index (χ3n) is 7.83. The van der Waals surface area contributed by atoms with E-state index in [2.05, 4.69) is 16.5 Å². The molecular formula is C36H36F3N5O3S. The van der Waals surface area contributed by atoms with Gasteiger partial charge in [0.05, 0.1) is 12.6 Å². The Morgan fingerprint density at radius 1 is 1.10 bits per heavy atom. The smallest absolute Gasteiger partial charge is 0.435 e. The quantitative estimate of drug-likeness (QED) is 0.193. The average molecular weight is 676 g/mol. The molecule has 0 radical (unpaired) electrons. The second-order valence-electron chi connectivity index (χ2n) is 12.5. The van der Waals surface area contributed by atoms with Gasteiger partial charge in [-0.2, -0.15) is 23.5 Å². The largest absolute Gasteiger partial charge is 0.444 e. The van der Waals surface area contributed by atoms with Crippen molar-refractivity contribution in [2.45, 2.75) is 70.9 Å². The molecule has 0 saturated heterocycles. The molecule has 2 atom stereocenters. The van der Waals surface area contributed by atoms with Crippen LogP contribution in [0.5, 0.6) is 0 Å². The molecule has 48 heavy (non-hydrogen) atoms. The van der Waals surface area contributed by atoms with Crippen molar-refractivity contribution >= 4 is 23.3 Å². The number of halogens is 3. The van der Waals surface area contributed by atoms with Crippen molar-refractivity contribution in [3.05, 3.63) is 111 Å². The molecule has 3 heterocycles. The summed E-state index contributed by atoms with van der Waals surface area (Å²) in [5, 5.41) is 16.4. The van der Waals surface area contributed by atoms with E-state index in [9.17, 15) is 28.0 Å². The van der Waals surface area contributed by atoms with Gasteiger partial charge in [0.2, 0.25) is 5.91 Å². The molecule has 1 unspecified atom stereocenters. The fraction of sp³-hybridized carbons (Fsp3) is 0.333. The Morgan fingerprint density at radius 2 is 1.81 bits per heavy atom. The topological polar surface area (TPSA) is 100 Å². The molecule has 4 aromatic rings. The van der Waals surface area contributed by atoms with Crippen LogP contribution in [-0.4, -0.2) is 44.9 Å². The molecule has 0 aliphatic carbocycles. The minimum Gasteiger partial charge on any atom is -0.444 e. The highest BCUT2D eigenvalue weighted by molar-refractivity contribution is 7.12. The molecule has 1 aliphatic heterocycles. The summed E-state index contributed by atoms with van der Waals surface area (Å²) in [6, 6.07) is 19.7. The van der Waals surface area contributed by atoms with Gasteiger partial charge < -0.3 is 15.0 Å². The highest BCUT2D eigenvalue weighted by atomic mass is 32.1. The summed E-state index contributed by atoms with van der Waals surface area (Å²) < 4.78 is 49.2. The molecule has 0 bridgehead atoms. The van der Waals surface area contributed by atoms with Crippen LogP contribution < -0.4 is 5.32 Å². The SMILES string of the molecule is CCn1cc(-c2ccccc2[C@@H]2CN(C(=O)/C=C/C(Cc3ccccc3)NC(=O)OC(C)(C)C)Cc3sc(C#N)cc32)c(C(F)(F)F)n1. The van der Waals surface area contributed by atoms with Crippen LogP contribution in [0.3, 0.4) is 0 Å². The molecule has 250 valence electrons. The number of rotatable bonds is 8. The van der Waals surface area contributed by atoms with E-state index in [4.69, 9.17) is 4.74 Å². The lowest BCUT2D eigenvalue weighted by Crippen LogP contribution is -2.40. The van der Waals surface area contributed by atoms with Crippen LogP contribution in [0.2, 0.25) is 0 Å².